The summed E-state index contributed by atoms with van der Waals surface area (Å²) in [7, 11) is 0. The average Bonchev–Trinajstić information content (AvgIpc) is 2.63. The maximum absolute atomic E-state index is 13.1. The largest absolute Gasteiger partial charge is 0.335 e. The molecule has 1 aliphatic rings. The molecule has 25 heavy (non-hydrogen) atoms. The second kappa shape index (κ2) is 8.03. The first-order valence-electron chi connectivity index (χ1n) is 8.49. The monoisotopic (exact) mass is 339 g/mol. The van der Waals surface area contributed by atoms with Crippen LogP contribution in [0.25, 0.3) is 6.08 Å². The van der Waals surface area contributed by atoms with E-state index in [1.165, 1.54) is 11.6 Å². The molecule has 5 heteroatoms. The molecule has 2 heterocycles. The van der Waals surface area contributed by atoms with Crippen LogP contribution < -0.4 is 0 Å². The van der Waals surface area contributed by atoms with Crippen molar-refractivity contribution in [2.75, 3.05) is 32.7 Å². The fourth-order valence-corrected chi connectivity index (χ4v) is 2.95. The van der Waals surface area contributed by atoms with E-state index in [0.717, 1.165) is 25.8 Å². The molecule has 0 bridgehead atoms. The number of aryl methyl sites for hydroxylation is 1. The first kappa shape index (κ1) is 17.3. The van der Waals surface area contributed by atoms with E-state index < -0.39 is 5.82 Å². The van der Waals surface area contributed by atoms with Gasteiger partial charge in [0.2, 0.25) is 0 Å². The summed E-state index contributed by atoms with van der Waals surface area (Å²) in [5.74, 6) is -0.527. The lowest BCUT2D eigenvalue weighted by atomic mass is 10.1. The standard InChI is InChI=1S/C20H22FN3O/c1-16-14-18(21)15-22-19(16)20(25)24-12-10-23(11-13-24)9-5-8-17-6-3-2-4-7-17/h2-8,14-15H,9-13H2,1H3. The quantitative estimate of drug-likeness (QED) is 0.859. The van der Waals surface area contributed by atoms with Crippen LogP contribution in [0.15, 0.2) is 48.7 Å². The van der Waals surface area contributed by atoms with Gasteiger partial charge in [0, 0.05) is 32.7 Å². The Morgan fingerprint density at radius 2 is 1.92 bits per heavy atom. The third-order valence-corrected chi connectivity index (χ3v) is 4.38. The maximum atomic E-state index is 13.1. The number of pyridine rings is 1. The highest BCUT2D eigenvalue weighted by Crippen LogP contribution is 2.12. The molecule has 1 aliphatic heterocycles. The van der Waals surface area contributed by atoms with E-state index in [0.29, 0.717) is 24.3 Å². The normalized spacial score (nSPS) is 15.7. The van der Waals surface area contributed by atoms with Gasteiger partial charge in [-0.1, -0.05) is 42.5 Å². The Morgan fingerprint density at radius 1 is 1.20 bits per heavy atom. The average molecular weight is 339 g/mol. The molecule has 0 spiro atoms. The zero-order valence-electron chi connectivity index (χ0n) is 14.4. The van der Waals surface area contributed by atoms with Gasteiger partial charge in [0.05, 0.1) is 6.20 Å². The molecule has 0 N–H and O–H groups in total. The van der Waals surface area contributed by atoms with Crippen LogP contribution in [0.2, 0.25) is 0 Å². The molecule has 0 aliphatic carbocycles. The topological polar surface area (TPSA) is 36.4 Å². The molecule has 1 aromatic heterocycles. The summed E-state index contributed by atoms with van der Waals surface area (Å²) in [6, 6.07) is 11.6. The van der Waals surface area contributed by atoms with Crippen LogP contribution >= 0.6 is 0 Å². The number of benzene rings is 1. The van der Waals surface area contributed by atoms with Crippen LogP contribution in [0.4, 0.5) is 4.39 Å². The lowest BCUT2D eigenvalue weighted by Crippen LogP contribution is -2.48. The van der Waals surface area contributed by atoms with Gasteiger partial charge < -0.3 is 4.90 Å². The van der Waals surface area contributed by atoms with Gasteiger partial charge in [-0.15, -0.1) is 0 Å². The molecule has 1 aromatic carbocycles. The number of piperazine rings is 1. The van der Waals surface area contributed by atoms with Crippen molar-refractivity contribution in [1.29, 1.82) is 0 Å². The molecule has 1 saturated heterocycles. The van der Waals surface area contributed by atoms with Crippen LogP contribution in [0.5, 0.6) is 0 Å². The zero-order valence-corrected chi connectivity index (χ0v) is 14.4. The smallest absolute Gasteiger partial charge is 0.272 e. The highest BCUT2D eigenvalue weighted by Gasteiger charge is 2.23. The first-order chi connectivity index (χ1) is 12.1. The fourth-order valence-electron chi connectivity index (χ4n) is 2.95. The molecule has 1 amide bonds. The van der Waals surface area contributed by atoms with Gasteiger partial charge >= 0.3 is 0 Å². The predicted molar refractivity (Wildman–Crippen MR) is 96.8 cm³/mol. The molecular weight excluding hydrogens is 317 g/mol. The summed E-state index contributed by atoms with van der Waals surface area (Å²) in [5, 5.41) is 0. The van der Waals surface area contributed by atoms with Gasteiger partial charge in [0.15, 0.2) is 0 Å². The Hall–Kier alpha value is -2.53. The van der Waals surface area contributed by atoms with Gasteiger partial charge in [0.25, 0.3) is 5.91 Å². The summed E-state index contributed by atoms with van der Waals surface area (Å²) in [4.78, 5) is 20.6. The number of aromatic nitrogens is 1. The van der Waals surface area contributed by atoms with Crippen molar-refractivity contribution in [3.05, 3.63) is 71.3 Å². The van der Waals surface area contributed by atoms with Gasteiger partial charge in [-0.05, 0) is 24.1 Å². The fraction of sp³-hybridized carbons (Fsp3) is 0.300. The summed E-state index contributed by atoms with van der Waals surface area (Å²) in [6.45, 7) is 5.56. The number of nitrogens with zero attached hydrogens (tertiary/aromatic N) is 3. The van der Waals surface area contributed by atoms with E-state index in [1.807, 2.05) is 18.2 Å². The molecule has 1 fully saturated rings. The number of halogens is 1. The summed E-state index contributed by atoms with van der Waals surface area (Å²) < 4.78 is 13.1. The number of hydrogen-bond acceptors (Lipinski definition) is 3. The van der Waals surface area contributed by atoms with Crippen LogP contribution in [0.3, 0.4) is 0 Å². The maximum Gasteiger partial charge on any atom is 0.272 e. The Bertz CT molecular complexity index is 753. The second-order valence-electron chi connectivity index (χ2n) is 6.22. The molecule has 0 saturated carbocycles. The van der Waals surface area contributed by atoms with Crippen molar-refractivity contribution in [1.82, 2.24) is 14.8 Å². The summed E-state index contributed by atoms with van der Waals surface area (Å²) in [6.07, 6.45) is 5.37. The lowest BCUT2D eigenvalue weighted by molar-refractivity contribution is 0.0643. The molecule has 2 aromatic rings. The van der Waals surface area contributed by atoms with E-state index >= 15 is 0 Å². The lowest BCUT2D eigenvalue weighted by Gasteiger charge is -2.34. The highest BCUT2D eigenvalue weighted by molar-refractivity contribution is 5.93. The van der Waals surface area contributed by atoms with Gasteiger partial charge in [-0.25, -0.2) is 9.37 Å². The highest BCUT2D eigenvalue weighted by atomic mass is 19.1. The van der Waals surface area contributed by atoms with Crippen molar-refractivity contribution in [2.45, 2.75) is 6.92 Å². The molecular formula is C20H22FN3O. The summed E-state index contributed by atoms with van der Waals surface area (Å²) >= 11 is 0. The van der Waals surface area contributed by atoms with Crippen LogP contribution in [0.1, 0.15) is 21.6 Å². The molecule has 130 valence electrons. The number of hydrogen-bond donors (Lipinski definition) is 0. The third-order valence-electron chi connectivity index (χ3n) is 4.38. The van der Waals surface area contributed by atoms with Gasteiger partial charge in [0.1, 0.15) is 11.5 Å². The number of carbonyl (C=O) groups excluding carboxylic acids is 1. The van der Waals surface area contributed by atoms with Crippen molar-refractivity contribution in [3.63, 3.8) is 0 Å². The Kier molecular flexibility index (Phi) is 5.56. The molecule has 3 rings (SSSR count). The van der Waals surface area contributed by atoms with Crippen molar-refractivity contribution < 1.29 is 9.18 Å². The number of rotatable bonds is 4. The first-order valence-corrected chi connectivity index (χ1v) is 8.49. The molecule has 0 radical (unpaired) electrons. The predicted octanol–water partition coefficient (Wildman–Crippen LogP) is 3.00. The Morgan fingerprint density at radius 3 is 2.60 bits per heavy atom. The zero-order chi connectivity index (χ0) is 17.6. The SMILES string of the molecule is Cc1cc(F)cnc1C(=O)N1CCN(CC=Cc2ccccc2)CC1. The Balaban J connectivity index is 1.51. The summed E-state index contributed by atoms with van der Waals surface area (Å²) in [5.41, 5.74) is 2.12. The van der Waals surface area contributed by atoms with Crippen molar-refractivity contribution >= 4 is 12.0 Å². The minimum absolute atomic E-state index is 0.114. The van der Waals surface area contributed by atoms with Crippen molar-refractivity contribution in [3.8, 4) is 0 Å². The third kappa shape index (κ3) is 4.51. The molecule has 0 unspecified atom stereocenters. The Labute approximate surface area is 147 Å². The second-order valence-corrected chi connectivity index (χ2v) is 6.22. The van der Waals surface area contributed by atoms with Crippen LogP contribution in [-0.4, -0.2) is 53.4 Å². The minimum Gasteiger partial charge on any atom is -0.335 e. The number of carbonyl (C=O) groups is 1. The van der Waals surface area contributed by atoms with Crippen LogP contribution in [0, 0.1) is 12.7 Å². The van der Waals surface area contributed by atoms with Crippen LogP contribution in [-0.2, 0) is 0 Å². The van der Waals surface area contributed by atoms with E-state index in [1.54, 1.807) is 11.8 Å². The van der Waals surface area contributed by atoms with E-state index in [2.05, 4.69) is 34.2 Å². The van der Waals surface area contributed by atoms with E-state index in [4.69, 9.17) is 0 Å². The van der Waals surface area contributed by atoms with E-state index in [9.17, 15) is 9.18 Å². The molecule has 0 atom stereocenters. The van der Waals surface area contributed by atoms with Gasteiger partial charge in [-0.2, -0.15) is 0 Å². The van der Waals surface area contributed by atoms with Gasteiger partial charge in [-0.3, -0.25) is 9.69 Å². The molecule has 4 nitrogen and oxygen atoms in total. The minimum atomic E-state index is -0.413. The van der Waals surface area contributed by atoms with E-state index in [-0.39, 0.29) is 5.91 Å². The van der Waals surface area contributed by atoms with Crippen molar-refractivity contribution in [2.24, 2.45) is 0 Å². The number of amides is 1.